The van der Waals surface area contributed by atoms with Crippen LogP contribution in [-0.4, -0.2) is 24.7 Å². The second kappa shape index (κ2) is 6.80. The molecule has 4 rings (SSSR count). The second-order valence-corrected chi connectivity index (χ2v) is 6.54. The number of halogens is 1. The maximum atomic E-state index is 14.7. The lowest BCUT2D eigenvalue weighted by molar-refractivity contribution is 0.601. The Morgan fingerprint density at radius 1 is 1.27 bits per heavy atom. The van der Waals surface area contributed by atoms with E-state index in [9.17, 15) is 4.39 Å². The van der Waals surface area contributed by atoms with Gasteiger partial charge < -0.3 is 11.1 Å². The van der Waals surface area contributed by atoms with Gasteiger partial charge in [0, 0.05) is 19.3 Å². The summed E-state index contributed by atoms with van der Waals surface area (Å²) in [6, 6.07) is 3.26. The molecule has 0 saturated heterocycles. The fraction of sp³-hybridized carbons (Fsp3) is 0.333. The molecule has 134 valence electrons. The van der Waals surface area contributed by atoms with E-state index in [1.54, 1.807) is 23.1 Å². The van der Waals surface area contributed by atoms with Crippen LogP contribution in [0.2, 0.25) is 0 Å². The molecule has 1 aliphatic carbocycles. The molecule has 0 radical (unpaired) electrons. The first kappa shape index (κ1) is 16.6. The van der Waals surface area contributed by atoms with Gasteiger partial charge in [-0.3, -0.25) is 4.68 Å². The van der Waals surface area contributed by atoms with E-state index in [2.05, 4.69) is 25.4 Å². The lowest BCUT2D eigenvalue weighted by atomic mass is 9.96. The number of nitrogens with two attached hydrogens (primary N) is 1. The average molecular weight is 353 g/mol. The zero-order chi connectivity index (χ0) is 18.1. The number of fused-ring (bicyclic) bond motifs is 1. The first-order valence-electron chi connectivity index (χ1n) is 8.63. The summed E-state index contributed by atoms with van der Waals surface area (Å²) in [7, 11) is 1.82. The van der Waals surface area contributed by atoms with Crippen molar-refractivity contribution in [3.05, 3.63) is 47.8 Å². The largest absolute Gasteiger partial charge is 0.324 e. The van der Waals surface area contributed by atoms with Crippen molar-refractivity contribution in [3.8, 4) is 11.4 Å². The van der Waals surface area contributed by atoms with E-state index < -0.39 is 0 Å². The molecule has 0 bridgehead atoms. The normalized spacial score (nSPS) is 16.8. The molecule has 1 atom stereocenters. The Morgan fingerprint density at radius 3 is 2.96 bits per heavy atom. The van der Waals surface area contributed by atoms with Crippen LogP contribution in [-0.2, 0) is 13.5 Å². The number of nitrogens with one attached hydrogen (secondary N) is 1. The van der Waals surface area contributed by atoms with Crippen molar-refractivity contribution < 1.29 is 4.39 Å². The van der Waals surface area contributed by atoms with E-state index in [-0.39, 0.29) is 11.9 Å². The van der Waals surface area contributed by atoms with Crippen molar-refractivity contribution >= 4 is 11.6 Å². The summed E-state index contributed by atoms with van der Waals surface area (Å²) in [6.07, 6.45) is 8.72. The average Bonchev–Trinajstić information content (AvgIpc) is 2.95. The molecule has 1 aromatic carbocycles. The third kappa shape index (κ3) is 3.28. The van der Waals surface area contributed by atoms with E-state index in [1.807, 2.05) is 13.1 Å². The van der Waals surface area contributed by atoms with Crippen molar-refractivity contribution in [2.75, 3.05) is 5.32 Å². The molecule has 1 unspecified atom stereocenters. The van der Waals surface area contributed by atoms with E-state index in [0.717, 1.165) is 42.5 Å². The Kier molecular flexibility index (Phi) is 4.34. The van der Waals surface area contributed by atoms with Crippen LogP contribution in [0.5, 0.6) is 0 Å². The van der Waals surface area contributed by atoms with Crippen molar-refractivity contribution in [3.63, 3.8) is 0 Å². The van der Waals surface area contributed by atoms with Gasteiger partial charge in [0.1, 0.15) is 12.1 Å². The van der Waals surface area contributed by atoms with Crippen molar-refractivity contribution in [2.24, 2.45) is 12.8 Å². The number of nitrogens with zero attached hydrogens (tertiary/aromatic N) is 5. The molecule has 3 aromatic rings. The van der Waals surface area contributed by atoms with Gasteiger partial charge in [0.2, 0.25) is 5.95 Å². The molecule has 0 saturated carbocycles. The van der Waals surface area contributed by atoms with Crippen LogP contribution in [0.15, 0.2) is 30.9 Å². The van der Waals surface area contributed by atoms with Gasteiger partial charge in [-0.05, 0) is 42.5 Å². The van der Waals surface area contributed by atoms with Gasteiger partial charge in [0.25, 0.3) is 0 Å². The Labute approximate surface area is 150 Å². The molecule has 0 fully saturated rings. The maximum Gasteiger partial charge on any atom is 0.230 e. The smallest absolute Gasteiger partial charge is 0.230 e. The van der Waals surface area contributed by atoms with Crippen LogP contribution >= 0.6 is 0 Å². The molecule has 2 heterocycles. The molecular weight excluding hydrogens is 333 g/mol. The number of anilines is 2. The minimum absolute atomic E-state index is 0.114. The summed E-state index contributed by atoms with van der Waals surface area (Å²) in [5, 5.41) is 7.13. The molecule has 0 spiro atoms. The Hall–Kier alpha value is -2.87. The number of hydrogen-bond acceptors (Lipinski definition) is 6. The summed E-state index contributed by atoms with van der Waals surface area (Å²) in [6.45, 7) is 0. The highest BCUT2D eigenvalue weighted by molar-refractivity contribution is 5.61. The minimum atomic E-state index is -0.361. The second-order valence-electron chi connectivity index (χ2n) is 6.54. The van der Waals surface area contributed by atoms with Crippen molar-refractivity contribution in [1.82, 2.24) is 24.7 Å². The van der Waals surface area contributed by atoms with Crippen LogP contribution in [0, 0.1) is 5.82 Å². The highest BCUT2D eigenvalue weighted by Gasteiger charge is 2.20. The Morgan fingerprint density at radius 2 is 2.15 bits per heavy atom. The number of aromatic nitrogens is 5. The molecule has 2 aromatic heterocycles. The molecule has 0 amide bonds. The quantitative estimate of drug-likeness (QED) is 0.703. The van der Waals surface area contributed by atoms with Gasteiger partial charge in [0.15, 0.2) is 5.82 Å². The summed E-state index contributed by atoms with van der Waals surface area (Å²) in [5.41, 5.74) is 9.28. The van der Waals surface area contributed by atoms with Crippen LogP contribution in [0.4, 0.5) is 16.0 Å². The standard InChI is InChI=1S/C18H20FN7/c1-26-9-12(8-23-26)24-18-22-10-21-17(25-18)14-6-11-4-2-3-5-16(20)13(11)7-15(14)19/h6-10,16H,2-5,20H2,1H3,(H,21,22,24,25). The maximum absolute atomic E-state index is 14.7. The summed E-state index contributed by atoms with van der Waals surface area (Å²) in [5.74, 6) is 0.276. The monoisotopic (exact) mass is 353 g/mol. The summed E-state index contributed by atoms with van der Waals surface area (Å²) in [4.78, 5) is 12.6. The SMILES string of the molecule is Cn1cc(Nc2ncnc(-c3cc4c(cc3F)C(N)CCCC4)n2)cn1. The zero-order valence-corrected chi connectivity index (χ0v) is 14.5. The summed E-state index contributed by atoms with van der Waals surface area (Å²) >= 11 is 0. The van der Waals surface area contributed by atoms with E-state index in [1.165, 1.54) is 6.33 Å². The highest BCUT2D eigenvalue weighted by Crippen LogP contribution is 2.32. The van der Waals surface area contributed by atoms with E-state index in [0.29, 0.717) is 17.3 Å². The number of hydrogen-bond donors (Lipinski definition) is 2. The number of aryl methyl sites for hydroxylation is 2. The van der Waals surface area contributed by atoms with Gasteiger partial charge >= 0.3 is 0 Å². The van der Waals surface area contributed by atoms with Crippen molar-refractivity contribution in [1.29, 1.82) is 0 Å². The molecule has 3 N–H and O–H groups in total. The molecular formula is C18H20FN7. The van der Waals surface area contributed by atoms with Gasteiger partial charge in [-0.1, -0.05) is 6.42 Å². The van der Waals surface area contributed by atoms with Gasteiger partial charge in [-0.15, -0.1) is 0 Å². The predicted octanol–water partition coefficient (Wildman–Crippen LogP) is 2.88. The Balaban J connectivity index is 1.69. The molecule has 7 nitrogen and oxygen atoms in total. The first-order valence-corrected chi connectivity index (χ1v) is 8.63. The third-order valence-corrected chi connectivity index (χ3v) is 4.61. The van der Waals surface area contributed by atoms with E-state index >= 15 is 0 Å². The minimum Gasteiger partial charge on any atom is -0.324 e. The van der Waals surface area contributed by atoms with Gasteiger partial charge in [-0.25, -0.2) is 14.4 Å². The Bertz CT molecular complexity index is 937. The van der Waals surface area contributed by atoms with Crippen LogP contribution in [0.25, 0.3) is 11.4 Å². The van der Waals surface area contributed by atoms with Crippen LogP contribution in [0.3, 0.4) is 0 Å². The topological polar surface area (TPSA) is 94.5 Å². The lowest BCUT2D eigenvalue weighted by Gasteiger charge is -2.14. The summed E-state index contributed by atoms with van der Waals surface area (Å²) < 4.78 is 16.4. The molecule has 1 aliphatic rings. The fourth-order valence-corrected chi connectivity index (χ4v) is 3.30. The first-order chi connectivity index (χ1) is 12.6. The van der Waals surface area contributed by atoms with Crippen LogP contribution < -0.4 is 11.1 Å². The van der Waals surface area contributed by atoms with Gasteiger partial charge in [-0.2, -0.15) is 10.1 Å². The lowest BCUT2D eigenvalue weighted by Crippen LogP contribution is -2.11. The zero-order valence-electron chi connectivity index (χ0n) is 14.5. The number of rotatable bonds is 3. The predicted molar refractivity (Wildman–Crippen MR) is 96.2 cm³/mol. The van der Waals surface area contributed by atoms with Crippen LogP contribution in [0.1, 0.15) is 36.4 Å². The van der Waals surface area contributed by atoms with E-state index in [4.69, 9.17) is 5.73 Å². The van der Waals surface area contributed by atoms with Crippen molar-refractivity contribution in [2.45, 2.75) is 31.7 Å². The molecule has 26 heavy (non-hydrogen) atoms. The molecule has 8 heteroatoms. The number of benzene rings is 1. The van der Waals surface area contributed by atoms with Gasteiger partial charge in [0.05, 0.1) is 17.4 Å². The molecule has 0 aliphatic heterocycles. The fourth-order valence-electron chi connectivity index (χ4n) is 3.30. The third-order valence-electron chi connectivity index (χ3n) is 4.61. The highest BCUT2D eigenvalue weighted by atomic mass is 19.1.